The first-order valence-electron chi connectivity index (χ1n) is 9.03. The van der Waals surface area contributed by atoms with Crippen molar-refractivity contribution in [1.29, 1.82) is 0 Å². The number of hydrogen-bond acceptors (Lipinski definition) is 2. The molecule has 1 heterocycles. The number of furan rings is 1. The highest BCUT2D eigenvalue weighted by molar-refractivity contribution is 5.50. The third kappa shape index (κ3) is 2.99. The topological polar surface area (TPSA) is 22.4 Å². The Morgan fingerprint density at radius 3 is 2.08 bits per heavy atom. The summed E-state index contributed by atoms with van der Waals surface area (Å²) in [6.07, 6.45) is 2.43. The van der Waals surface area contributed by atoms with Crippen LogP contribution in [0.4, 0.5) is 0 Å². The van der Waals surface area contributed by atoms with Crippen molar-refractivity contribution in [3.8, 4) is 11.7 Å². The summed E-state index contributed by atoms with van der Waals surface area (Å²) >= 11 is 0. The van der Waals surface area contributed by atoms with E-state index < -0.39 is 0 Å². The summed E-state index contributed by atoms with van der Waals surface area (Å²) in [5.41, 5.74) is 4.45. The first-order valence-corrected chi connectivity index (χ1v) is 9.03. The van der Waals surface area contributed by atoms with Crippen molar-refractivity contribution < 1.29 is 9.15 Å². The number of ether oxygens (including phenoxy) is 1. The normalized spacial score (nSPS) is 18.5. The van der Waals surface area contributed by atoms with E-state index in [0.717, 1.165) is 11.5 Å². The molecular weight excluding hydrogens is 296 g/mol. The van der Waals surface area contributed by atoms with Crippen LogP contribution in [0.2, 0.25) is 0 Å². The molecule has 0 bridgehead atoms. The highest BCUT2D eigenvalue weighted by atomic mass is 16.6. The molecule has 0 amide bonds. The summed E-state index contributed by atoms with van der Waals surface area (Å²) < 4.78 is 11.9. The van der Waals surface area contributed by atoms with E-state index in [4.69, 9.17) is 9.15 Å². The molecule has 0 spiro atoms. The molecule has 1 aromatic carbocycles. The fraction of sp³-hybridized carbons (Fsp3) is 0.545. The van der Waals surface area contributed by atoms with Gasteiger partial charge in [-0.25, -0.2) is 0 Å². The smallest absolute Gasteiger partial charge is 0.290 e. The molecule has 1 aliphatic carbocycles. The third-order valence-electron chi connectivity index (χ3n) is 5.53. The minimum Gasteiger partial charge on any atom is -0.430 e. The van der Waals surface area contributed by atoms with Gasteiger partial charge >= 0.3 is 0 Å². The molecule has 0 aliphatic heterocycles. The fourth-order valence-electron chi connectivity index (χ4n) is 3.62. The van der Waals surface area contributed by atoms with E-state index in [2.05, 4.69) is 60.6 Å². The molecule has 1 aromatic heterocycles. The largest absolute Gasteiger partial charge is 0.430 e. The van der Waals surface area contributed by atoms with Crippen LogP contribution < -0.4 is 4.74 Å². The lowest BCUT2D eigenvalue weighted by Gasteiger charge is -2.42. The van der Waals surface area contributed by atoms with Gasteiger partial charge in [0.25, 0.3) is 5.95 Å². The zero-order valence-electron chi connectivity index (χ0n) is 16.1. The molecule has 2 nitrogen and oxygen atoms in total. The number of aryl methyl sites for hydroxylation is 1. The molecule has 0 saturated carbocycles. The van der Waals surface area contributed by atoms with Gasteiger partial charge in [-0.1, -0.05) is 47.6 Å². The minimum atomic E-state index is 0.183. The van der Waals surface area contributed by atoms with Gasteiger partial charge in [0.1, 0.15) is 11.5 Å². The second kappa shape index (κ2) is 5.68. The molecule has 3 rings (SSSR count). The molecule has 24 heavy (non-hydrogen) atoms. The maximum Gasteiger partial charge on any atom is 0.290 e. The van der Waals surface area contributed by atoms with Crippen LogP contribution in [0.15, 0.2) is 28.7 Å². The number of benzene rings is 1. The van der Waals surface area contributed by atoms with Gasteiger partial charge in [0, 0.05) is 12.0 Å². The monoisotopic (exact) mass is 326 g/mol. The standard InChI is InChI=1S/C22H30O2/c1-14(2)18-8-9-20(23-18)24-19-13-17-16(12-15(19)3)21(4,5)10-11-22(17,6)7/h8-9,12-14H,10-11H2,1-7H3. The Morgan fingerprint density at radius 2 is 1.54 bits per heavy atom. The lowest BCUT2D eigenvalue weighted by Crippen LogP contribution is -2.33. The van der Waals surface area contributed by atoms with E-state index in [0.29, 0.717) is 11.9 Å². The zero-order valence-corrected chi connectivity index (χ0v) is 16.1. The summed E-state index contributed by atoms with van der Waals surface area (Å²) in [5, 5.41) is 0. The number of rotatable bonds is 3. The zero-order chi connectivity index (χ0) is 17.7. The van der Waals surface area contributed by atoms with Gasteiger partial charge in [-0.05, 0) is 59.4 Å². The molecule has 1 aliphatic rings. The Hall–Kier alpha value is -1.70. The van der Waals surface area contributed by atoms with Crippen LogP contribution in [0.25, 0.3) is 0 Å². The van der Waals surface area contributed by atoms with Crippen LogP contribution in [-0.2, 0) is 10.8 Å². The molecule has 0 radical (unpaired) electrons. The van der Waals surface area contributed by atoms with Crippen LogP contribution >= 0.6 is 0 Å². The molecule has 2 aromatic rings. The molecule has 0 atom stereocenters. The molecule has 130 valence electrons. The maximum absolute atomic E-state index is 6.10. The third-order valence-corrected chi connectivity index (χ3v) is 5.53. The summed E-state index contributed by atoms with van der Waals surface area (Å²) in [6, 6.07) is 8.48. The fourth-order valence-corrected chi connectivity index (χ4v) is 3.62. The SMILES string of the molecule is Cc1cc2c(cc1Oc1ccc(C(C)C)o1)C(C)(C)CCC2(C)C. The van der Waals surface area contributed by atoms with E-state index in [1.54, 1.807) is 0 Å². The summed E-state index contributed by atoms with van der Waals surface area (Å²) in [7, 11) is 0. The van der Waals surface area contributed by atoms with Gasteiger partial charge in [-0.2, -0.15) is 0 Å². The van der Waals surface area contributed by atoms with Gasteiger partial charge in [0.2, 0.25) is 0 Å². The van der Waals surface area contributed by atoms with Gasteiger partial charge < -0.3 is 9.15 Å². The predicted octanol–water partition coefficient (Wildman–Crippen LogP) is 6.85. The Kier molecular flexibility index (Phi) is 4.06. The highest BCUT2D eigenvalue weighted by Crippen LogP contribution is 2.48. The maximum atomic E-state index is 6.10. The number of hydrogen-bond donors (Lipinski definition) is 0. The van der Waals surface area contributed by atoms with E-state index in [-0.39, 0.29) is 10.8 Å². The van der Waals surface area contributed by atoms with E-state index in [1.165, 1.54) is 29.5 Å². The Morgan fingerprint density at radius 1 is 0.958 bits per heavy atom. The second-order valence-corrected chi connectivity index (χ2v) is 8.84. The molecular formula is C22H30O2. The van der Waals surface area contributed by atoms with Gasteiger partial charge in [0.15, 0.2) is 0 Å². The molecule has 0 unspecified atom stereocenters. The van der Waals surface area contributed by atoms with E-state index in [9.17, 15) is 0 Å². The second-order valence-electron chi connectivity index (χ2n) is 8.84. The minimum absolute atomic E-state index is 0.183. The van der Waals surface area contributed by atoms with Crippen LogP contribution in [0.5, 0.6) is 11.7 Å². The molecule has 2 heteroatoms. The van der Waals surface area contributed by atoms with Gasteiger partial charge in [-0.3, -0.25) is 0 Å². The Labute approximate surface area is 146 Å². The lowest BCUT2D eigenvalue weighted by molar-refractivity contribution is 0.315. The molecule has 0 saturated heterocycles. The molecule has 0 fully saturated rings. The summed E-state index contributed by atoms with van der Waals surface area (Å²) in [6.45, 7) is 15.7. The quantitative estimate of drug-likeness (QED) is 0.615. The number of fused-ring (bicyclic) bond motifs is 1. The average Bonchev–Trinajstić information content (AvgIpc) is 2.94. The Balaban J connectivity index is 2.01. The van der Waals surface area contributed by atoms with Crippen LogP contribution in [0, 0.1) is 6.92 Å². The van der Waals surface area contributed by atoms with Crippen molar-refractivity contribution in [1.82, 2.24) is 0 Å². The van der Waals surface area contributed by atoms with E-state index in [1.807, 2.05) is 12.1 Å². The van der Waals surface area contributed by atoms with E-state index >= 15 is 0 Å². The summed E-state index contributed by atoms with van der Waals surface area (Å²) in [5.74, 6) is 2.81. The predicted molar refractivity (Wildman–Crippen MR) is 99.3 cm³/mol. The van der Waals surface area contributed by atoms with Crippen molar-refractivity contribution >= 4 is 0 Å². The first-order chi connectivity index (χ1) is 11.1. The van der Waals surface area contributed by atoms with Crippen LogP contribution in [0.1, 0.15) is 82.8 Å². The lowest BCUT2D eigenvalue weighted by atomic mass is 9.63. The average molecular weight is 326 g/mol. The molecule has 0 N–H and O–H groups in total. The van der Waals surface area contributed by atoms with Crippen LogP contribution in [0.3, 0.4) is 0 Å². The van der Waals surface area contributed by atoms with Crippen molar-refractivity contribution in [3.63, 3.8) is 0 Å². The van der Waals surface area contributed by atoms with Gasteiger partial charge in [-0.15, -0.1) is 0 Å². The van der Waals surface area contributed by atoms with Crippen molar-refractivity contribution in [2.24, 2.45) is 0 Å². The van der Waals surface area contributed by atoms with Crippen molar-refractivity contribution in [3.05, 3.63) is 46.7 Å². The summed E-state index contributed by atoms with van der Waals surface area (Å²) in [4.78, 5) is 0. The van der Waals surface area contributed by atoms with Crippen LogP contribution in [-0.4, -0.2) is 0 Å². The van der Waals surface area contributed by atoms with Gasteiger partial charge in [0.05, 0.1) is 0 Å². The highest BCUT2D eigenvalue weighted by Gasteiger charge is 2.37. The van der Waals surface area contributed by atoms with Crippen molar-refractivity contribution in [2.75, 3.05) is 0 Å². The first kappa shape index (κ1) is 17.1. The van der Waals surface area contributed by atoms with Crippen molar-refractivity contribution in [2.45, 2.75) is 78.1 Å². The Bertz CT molecular complexity index is 747.